The molecule has 0 amide bonds. The zero-order valence-corrected chi connectivity index (χ0v) is 10.5. The molecule has 0 bridgehead atoms. The first kappa shape index (κ1) is 11.4. The van der Waals surface area contributed by atoms with Crippen LogP contribution in [-0.4, -0.2) is 37.9 Å². The highest BCUT2D eigenvalue weighted by molar-refractivity contribution is 7.99. The Morgan fingerprint density at radius 2 is 2.11 bits per heavy atom. The van der Waals surface area contributed by atoms with E-state index < -0.39 is 0 Å². The third kappa shape index (κ3) is 2.02. The third-order valence-corrected chi connectivity index (χ3v) is 3.58. The topological polar surface area (TPSA) is 82.0 Å². The molecule has 2 aromatic rings. The summed E-state index contributed by atoms with van der Waals surface area (Å²) in [6.45, 7) is 0.613. The van der Waals surface area contributed by atoms with Crippen molar-refractivity contribution in [3.05, 3.63) is 24.5 Å². The van der Waals surface area contributed by atoms with Crippen molar-refractivity contribution in [3.8, 4) is 11.4 Å². The lowest BCUT2D eigenvalue weighted by molar-refractivity contribution is 0.755. The van der Waals surface area contributed by atoms with Crippen molar-refractivity contribution < 1.29 is 0 Å². The minimum absolute atomic E-state index is 0.613. The Kier molecular flexibility index (Phi) is 3.07. The van der Waals surface area contributed by atoms with E-state index in [9.17, 15) is 0 Å². The summed E-state index contributed by atoms with van der Waals surface area (Å²) in [5.74, 6) is 1.58. The first-order chi connectivity index (χ1) is 8.88. The first-order valence-corrected chi connectivity index (χ1v) is 6.62. The summed E-state index contributed by atoms with van der Waals surface area (Å²) in [4.78, 5) is 4.00. The van der Waals surface area contributed by atoms with Crippen LogP contribution in [0.3, 0.4) is 0 Å². The van der Waals surface area contributed by atoms with Crippen LogP contribution in [-0.2, 0) is 0 Å². The molecule has 0 saturated heterocycles. The molecule has 3 rings (SSSR count). The minimum Gasteiger partial charge on any atom is -0.330 e. The van der Waals surface area contributed by atoms with Gasteiger partial charge in [-0.2, -0.15) is 9.78 Å². The molecule has 3 heterocycles. The fraction of sp³-hybridized carbons (Fsp3) is 0.273. The lowest BCUT2D eigenvalue weighted by atomic mass is 10.2. The monoisotopic (exact) mass is 260 g/mol. The van der Waals surface area contributed by atoms with Gasteiger partial charge >= 0.3 is 0 Å². The molecule has 0 unspecified atom stereocenters. The van der Waals surface area contributed by atoms with Crippen LogP contribution in [0.25, 0.3) is 11.4 Å². The van der Waals surface area contributed by atoms with E-state index in [1.807, 2.05) is 12.1 Å². The summed E-state index contributed by atoms with van der Waals surface area (Å²) in [6, 6.07) is 3.80. The summed E-state index contributed by atoms with van der Waals surface area (Å²) in [6.07, 6.45) is 4.27. The number of hydrogen-bond donors (Lipinski definition) is 1. The number of thioether (sulfide) groups is 1. The second-order valence-corrected chi connectivity index (χ2v) is 4.79. The quantitative estimate of drug-likeness (QED) is 0.890. The molecule has 92 valence electrons. The summed E-state index contributed by atoms with van der Waals surface area (Å²) in [5, 5.41) is 13.7. The molecule has 1 aliphatic heterocycles. The predicted octanol–water partition coefficient (Wildman–Crippen LogP) is 0.999. The summed E-state index contributed by atoms with van der Waals surface area (Å²) in [7, 11) is 0. The van der Waals surface area contributed by atoms with Crippen molar-refractivity contribution in [2.24, 2.45) is 10.8 Å². The number of rotatable bonds is 3. The largest absolute Gasteiger partial charge is 0.330 e. The van der Waals surface area contributed by atoms with E-state index >= 15 is 0 Å². The molecule has 6 nitrogen and oxygen atoms in total. The molecule has 2 N–H and O–H groups in total. The van der Waals surface area contributed by atoms with E-state index in [2.05, 4.69) is 20.3 Å². The second-order valence-electron chi connectivity index (χ2n) is 3.85. The van der Waals surface area contributed by atoms with E-state index in [-0.39, 0.29) is 0 Å². The molecule has 0 radical (unpaired) electrons. The Bertz CT molecular complexity index is 576. The molecule has 7 heteroatoms. The van der Waals surface area contributed by atoms with Crippen molar-refractivity contribution in [1.82, 2.24) is 19.9 Å². The Hall–Kier alpha value is -1.73. The van der Waals surface area contributed by atoms with Crippen molar-refractivity contribution in [2.75, 3.05) is 12.3 Å². The van der Waals surface area contributed by atoms with Gasteiger partial charge in [0, 0.05) is 30.1 Å². The van der Waals surface area contributed by atoms with Gasteiger partial charge in [-0.25, -0.2) is 0 Å². The Balaban J connectivity index is 2.03. The summed E-state index contributed by atoms with van der Waals surface area (Å²) >= 11 is 1.64. The summed E-state index contributed by atoms with van der Waals surface area (Å²) in [5.41, 5.74) is 7.60. The number of fused-ring (bicyclic) bond motifs is 1. The normalized spacial score (nSPS) is 14.2. The maximum absolute atomic E-state index is 5.56. The van der Waals surface area contributed by atoms with Crippen molar-refractivity contribution in [3.63, 3.8) is 0 Å². The minimum atomic E-state index is 0.613. The lowest BCUT2D eigenvalue weighted by Gasteiger charge is -2.12. The van der Waals surface area contributed by atoms with Gasteiger partial charge < -0.3 is 5.73 Å². The highest BCUT2D eigenvalue weighted by Crippen LogP contribution is 2.26. The standard InChI is InChI=1S/C11H12N6S/c12-4-1-9-7-18-11-15-14-10(17(11)16-9)8-2-5-13-6-3-8/h2-3,5-6H,1,4,7,12H2. The number of aromatic nitrogens is 4. The van der Waals surface area contributed by atoms with Gasteiger partial charge in [0.05, 0.1) is 5.71 Å². The molecule has 0 fully saturated rings. The van der Waals surface area contributed by atoms with E-state index in [1.165, 1.54) is 0 Å². The van der Waals surface area contributed by atoms with E-state index in [4.69, 9.17) is 5.73 Å². The van der Waals surface area contributed by atoms with Gasteiger partial charge in [-0.05, 0) is 18.7 Å². The number of nitrogens with zero attached hydrogens (tertiary/aromatic N) is 5. The van der Waals surface area contributed by atoms with Crippen LogP contribution in [0, 0.1) is 0 Å². The zero-order chi connectivity index (χ0) is 12.4. The third-order valence-electron chi connectivity index (χ3n) is 2.59. The highest BCUT2D eigenvalue weighted by atomic mass is 32.2. The predicted molar refractivity (Wildman–Crippen MR) is 70.5 cm³/mol. The van der Waals surface area contributed by atoms with Crippen LogP contribution < -0.4 is 5.73 Å². The fourth-order valence-electron chi connectivity index (χ4n) is 1.73. The molecule has 0 spiro atoms. The van der Waals surface area contributed by atoms with Crippen LogP contribution in [0.5, 0.6) is 0 Å². The van der Waals surface area contributed by atoms with E-state index in [1.54, 1.807) is 28.8 Å². The Morgan fingerprint density at radius 3 is 2.89 bits per heavy atom. The average molecular weight is 260 g/mol. The molecule has 2 aromatic heterocycles. The number of nitrogens with two attached hydrogens (primary N) is 1. The van der Waals surface area contributed by atoms with Gasteiger partial charge in [-0.3, -0.25) is 4.98 Å². The van der Waals surface area contributed by atoms with Gasteiger partial charge in [-0.15, -0.1) is 10.2 Å². The van der Waals surface area contributed by atoms with E-state index in [0.29, 0.717) is 6.54 Å². The molecule has 18 heavy (non-hydrogen) atoms. The zero-order valence-electron chi connectivity index (χ0n) is 9.65. The van der Waals surface area contributed by atoms with Crippen LogP contribution >= 0.6 is 11.8 Å². The van der Waals surface area contributed by atoms with E-state index in [0.717, 1.165) is 34.4 Å². The molecule has 0 saturated carbocycles. The second kappa shape index (κ2) is 4.87. The maximum atomic E-state index is 5.56. The first-order valence-electron chi connectivity index (χ1n) is 5.64. The van der Waals surface area contributed by atoms with Gasteiger partial charge in [0.15, 0.2) is 5.82 Å². The Morgan fingerprint density at radius 1 is 1.28 bits per heavy atom. The maximum Gasteiger partial charge on any atom is 0.212 e. The van der Waals surface area contributed by atoms with Gasteiger partial charge in [-0.1, -0.05) is 11.8 Å². The highest BCUT2D eigenvalue weighted by Gasteiger charge is 2.19. The van der Waals surface area contributed by atoms with Gasteiger partial charge in [0.25, 0.3) is 0 Å². The lowest BCUT2D eigenvalue weighted by Crippen LogP contribution is -2.16. The van der Waals surface area contributed by atoms with Crippen LogP contribution in [0.2, 0.25) is 0 Å². The average Bonchev–Trinajstić information content (AvgIpc) is 2.83. The molecule has 0 aliphatic carbocycles. The van der Waals surface area contributed by atoms with Gasteiger partial charge in [0.2, 0.25) is 5.16 Å². The molecular formula is C11H12N6S. The molecule has 0 aromatic carbocycles. The number of pyridine rings is 1. The SMILES string of the molecule is NCCC1=Nn2c(nnc2-c2ccncc2)SC1. The summed E-state index contributed by atoms with van der Waals surface area (Å²) < 4.78 is 1.79. The fourth-order valence-corrected chi connectivity index (χ4v) is 2.58. The van der Waals surface area contributed by atoms with Crippen molar-refractivity contribution >= 4 is 17.5 Å². The molecule has 1 aliphatic rings. The van der Waals surface area contributed by atoms with Crippen LogP contribution in [0.15, 0.2) is 34.8 Å². The van der Waals surface area contributed by atoms with Gasteiger partial charge in [0.1, 0.15) is 0 Å². The smallest absolute Gasteiger partial charge is 0.212 e. The number of hydrogen-bond acceptors (Lipinski definition) is 6. The van der Waals surface area contributed by atoms with Crippen molar-refractivity contribution in [2.45, 2.75) is 11.6 Å². The molecule has 0 atom stereocenters. The van der Waals surface area contributed by atoms with Crippen LogP contribution in [0.4, 0.5) is 0 Å². The Labute approximate surface area is 108 Å². The van der Waals surface area contributed by atoms with Crippen molar-refractivity contribution in [1.29, 1.82) is 0 Å². The van der Waals surface area contributed by atoms with Crippen LogP contribution in [0.1, 0.15) is 6.42 Å². The molecular weight excluding hydrogens is 248 g/mol.